The number of nitrogens with zero attached hydrogens (tertiary/aromatic N) is 1. The number of rotatable bonds is 5. The third kappa shape index (κ3) is 3.93. The van der Waals surface area contributed by atoms with Gasteiger partial charge in [0, 0.05) is 11.1 Å². The predicted octanol–water partition coefficient (Wildman–Crippen LogP) is 2.69. The number of carbonyl (C=O) groups is 1. The summed E-state index contributed by atoms with van der Waals surface area (Å²) in [7, 11) is 0. The fourth-order valence-corrected chi connectivity index (χ4v) is 2.90. The summed E-state index contributed by atoms with van der Waals surface area (Å²) in [6.07, 6.45) is 1.93. The molecule has 0 bridgehead atoms. The van der Waals surface area contributed by atoms with Crippen LogP contribution in [0.4, 0.5) is 5.00 Å². The largest absolute Gasteiger partial charge is 0.494 e. The minimum atomic E-state index is -0.569. The number of nitrogens with one attached hydrogen (secondary N) is 2. The van der Waals surface area contributed by atoms with Crippen molar-refractivity contribution in [2.45, 2.75) is 20.3 Å². The van der Waals surface area contributed by atoms with E-state index in [4.69, 9.17) is 17.0 Å². The van der Waals surface area contributed by atoms with E-state index in [1.165, 1.54) is 17.6 Å². The van der Waals surface area contributed by atoms with Gasteiger partial charge in [0.2, 0.25) is 5.88 Å². The first kappa shape index (κ1) is 17.1. The molecule has 0 fully saturated rings. The number of H-pyrrole nitrogens is 2. The average molecular weight is 353 g/mol. The molecule has 23 heavy (non-hydrogen) atoms. The Bertz CT molecular complexity index is 864. The van der Waals surface area contributed by atoms with Crippen LogP contribution in [0.5, 0.6) is 5.88 Å². The number of esters is 1. The normalized spacial score (nSPS) is 11.0. The number of aliphatic imine (C=N–C) groups is 1. The van der Waals surface area contributed by atoms with Gasteiger partial charge in [-0.1, -0.05) is 6.92 Å². The minimum absolute atomic E-state index is 0.0151. The van der Waals surface area contributed by atoms with Crippen molar-refractivity contribution in [2.24, 2.45) is 4.99 Å². The first-order chi connectivity index (χ1) is 11.0. The van der Waals surface area contributed by atoms with E-state index < -0.39 is 11.5 Å². The SMILES string of the molecule is CCOC(=O)c1cc(CC)sc1/N=C/c1c(O)[nH]c(=S)[nH]c1=O. The Kier molecular flexibility index (Phi) is 5.45. The molecule has 0 aromatic carbocycles. The van der Waals surface area contributed by atoms with Gasteiger partial charge in [-0.15, -0.1) is 11.3 Å². The molecule has 9 heteroatoms. The molecule has 122 valence electrons. The van der Waals surface area contributed by atoms with E-state index in [0.717, 1.165) is 11.3 Å². The summed E-state index contributed by atoms with van der Waals surface area (Å²) in [5.74, 6) is -0.853. The van der Waals surface area contributed by atoms with Gasteiger partial charge in [-0.2, -0.15) is 0 Å². The van der Waals surface area contributed by atoms with Crippen molar-refractivity contribution in [3.8, 4) is 5.88 Å². The maximum absolute atomic E-state index is 12.0. The molecule has 0 radical (unpaired) electrons. The van der Waals surface area contributed by atoms with Crippen molar-refractivity contribution in [2.75, 3.05) is 6.61 Å². The zero-order chi connectivity index (χ0) is 17.0. The van der Waals surface area contributed by atoms with Crippen molar-refractivity contribution >= 4 is 40.7 Å². The summed E-state index contributed by atoms with van der Waals surface area (Å²) in [5, 5.41) is 10.2. The Hall–Kier alpha value is -2.26. The Morgan fingerprint density at radius 1 is 1.48 bits per heavy atom. The lowest BCUT2D eigenvalue weighted by Crippen LogP contribution is -2.13. The minimum Gasteiger partial charge on any atom is -0.494 e. The molecule has 7 nitrogen and oxygen atoms in total. The average Bonchev–Trinajstić information content (AvgIpc) is 2.90. The zero-order valence-corrected chi connectivity index (χ0v) is 14.1. The monoisotopic (exact) mass is 353 g/mol. The van der Waals surface area contributed by atoms with Crippen molar-refractivity contribution in [3.05, 3.63) is 37.2 Å². The van der Waals surface area contributed by atoms with Gasteiger partial charge in [-0.3, -0.25) is 9.78 Å². The molecule has 2 rings (SSSR count). The van der Waals surface area contributed by atoms with Crippen LogP contribution in [-0.4, -0.2) is 33.9 Å². The highest BCUT2D eigenvalue weighted by atomic mass is 32.1. The van der Waals surface area contributed by atoms with Crippen LogP contribution in [0.15, 0.2) is 15.9 Å². The summed E-state index contributed by atoms with van der Waals surface area (Å²) in [6, 6.07) is 1.72. The third-order valence-electron chi connectivity index (χ3n) is 2.88. The lowest BCUT2D eigenvalue weighted by molar-refractivity contribution is 0.0528. The van der Waals surface area contributed by atoms with E-state index in [-0.39, 0.29) is 22.8 Å². The van der Waals surface area contributed by atoms with Crippen molar-refractivity contribution < 1.29 is 14.6 Å². The number of carbonyl (C=O) groups excluding carboxylic acids is 1. The van der Waals surface area contributed by atoms with Crippen LogP contribution in [0, 0.1) is 4.77 Å². The Morgan fingerprint density at radius 3 is 2.83 bits per heavy atom. The van der Waals surface area contributed by atoms with Gasteiger partial charge in [0.1, 0.15) is 10.6 Å². The molecule has 0 spiro atoms. The first-order valence-corrected chi connectivity index (χ1v) is 8.08. The molecule has 0 aliphatic heterocycles. The Balaban J connectivity index is 2.44. The van der Waals surface area contributed by atoms with Gasteiger partial charge < -0.3 is 14.8 Å². The standard InChI is InChI=1S/C14H15N3O4S2/c1-3-7-5-8(13(20)21-4-2)12(23-7)15-6-9-10(18)16-14(22)17-11(9)19/h5-6H,3-4H2,1-2H3,(H3,16,17,18,19,22)/b15-6+. The number of hydrogen-bond acceptors (Lipinski definition) is 7. The van der Waals surface area contributed by atoms with E-state index in [0.29, 0.717) is 10.6 Å². The van der Waals surface area contributed by atoms with Crippen LogP contribution >= 0.6 is 23.6 Å². The van der Waals surface area contributed by atoms with E-state index in [1.54, 1.807) is 13.0 Å². The van der Waals surface area contributed by atoms with Gasteiger partial charge in [0.25, 0.3) is 5.56 Å². The Morgan fingerprint density at radius 2 is 2.22 bits per heavy atom. The van der Waals surface area contributed by atoms with Crippen LogP contribution in [-0.2, 0) is 11.2 Å². The van der Waals surface area contributed by atoms with Crippen LogP contribution < -0.4 is 5.56 Å². The molecule has 2 aromatic heterocycles. The molecular weight excluding hydrogens is 338 g/mol. The highest BCUT2D eigenvalue weighted by Gasteiger charge is 2.16. The molecule has 0 saturated heterocycles. The molecule has 0 aliphatic carbocycles. The molecule has 0 unspecified atom stereocenters. The number of thiophene rings is 1. The molecule has 0 atom stereocenters. The van der Waals surface area contributed by atoms with E-state index in [9.17, 15) is 14.7 Å². The third-order valence-corrected chi connectivity index (χ3v) is 4.27. The molecular formula is C14H15N3O4S2. The maximum atomic E-state index is 12.0. The quantitative estimate of drug-likeness (QED) is 0.435. The van der Waals surface area contributed by atoms with Crippen LogP contribution in [0.25, 0.3) is 0 Å². The molecule has 2 heterocycles. The molecule has 3 N–H and O–H groups in total. The van der Waals surface area contributed by atoms with Crippen molar-refractivity contribution in [1.29, 1.82) is 0 Å². The number of aromatic amines is 2. The fourth-order valence-electron chi connectivity index (χ4n) is 1.78. The van der Waals surface area contributed by atoms with Gasteiger partial charge >= 0.3 is 5.97 Å². The topological polar surface area (TPSA) is 108 Å². The van der Waals surface area contributed by atoms with Gasteiger partial charge in [-0.05, 0) is 31.6 Å². The second-order valence-electron chi connectivity index (χ2n) is 4.43. The van der Waals surface area contributed by atoms with E-state index >= 15 is 0 Å². The smallest absolute Gasteiger partial charge is 0.341 e. The maximum Gasteiger partial charge on any atom is 0.341 e. The number of aromatic hydroxyl groups is 1. The molecule has 2 aromatic rings. The van der Waals surface area contributed by atoms with Crippen LogP contribution in [0.2, 0.25) is 0 Å². The number of aryl methyl sites for hydroxylation is 1. The highest BCUT2D eigenvalue weighted by molar-refractivity contribution is 7.71. The zero-order valence-electron chi connectivity index (χ0n) is 12.5. The van der Waals surface area contributed by atoms with Crippen molar-refractivity contribution in [1.82, 2.24) is 9.97 Å². The van der Waals surface area contributed by atoms with E-state index in [1.807, 2.05) is 6.92 Å². The van der Waals surface area contributed by atoms with Crippen LogP contribution in [0.3, 0.4) is 0 Å². The first-order valence-electron chi connectivity index (χ1n) is 6.85. The van der Waals surface area contributed by atoms with E-state index in [2.05, 4.69) is 15.0 Å². The summed E-state index contributed by atoms with van der Waals surface area (Å²) < 4.78 is 5.01. The summed E-state index contributed by atoms with van der Waals surface area (Å²) >= 11 is 6.08. The number of hydrogen-bond donors (Lipinski definition) is 3. The summed E-state index contributed by atoms with van der Waals surface area (Å²) in [6.45, 7) is 3.94. The predicted molar refractivity (Wildman–Crippen MR) is 90.8 cm³/mol. The van der Waals surface area contributed by atoms with Gasteiger partial charge in [0.05, 0.1) is 12.2 Å². The van der Waals surface area contributed by atoms with Crippen molar-refractivity contribution in [3.63, 3.8) is 0 Å². The van der Waals surface area contributed by atoms with Crippen LogP contribution in [0.1, 0.15) is 34.6 Å². The fraction of sp³-hybridized carbons (Fsp3) is 0.286. The second kappa shape index (κ2) is 7.34. The molecule has 0 aliphatic rings. The lowest BCUT2D eigenvalue weighted by atomic mass is 10.2. The summed E-state index contributed by atoms with van der Waals surface area (Å²) in [4.78, 5) is 33.6. The van der Waals surface area contributed by atoms with Gasteiger partial charge in [-0.25, -0.2) is 9.79 Å². The lowest BCUT2D eigenvalue weighted by Gasteiger charge is -2.00. The second-order valence-corrected chi connectivity index (χ2v) is 5.96. The van der Waals surface area contributed by atoms with Gasteiger partial charge in [0.15, 0.2) is 4.77 Å². The summed E-state index contributed by atoms with van der Waals surface area (Å²) in [5.41, 5.74) is -0.301. The molecule has 0 saturated carbocycles. The highest BCUT2D eigenvalue weighted by Crippen LogP contribution is 2.32. The number of aromatic nitrogens is 2. The number of ether oxygens (including phenoxy) is 1. The molecule has 0 amide bonds. The Labute approximate surface area is 140 Å².